The maximum absolute atomic E-state index is 12.9. The first-order valence-electron chi connectivity index (χ1n) is 8.21. The molecular weight excluding hydrogens is 332 g/mol. The van der Waals surface area contributed by atoms with Gasteiger partial charge in [-0.3, -0.25) is 14.9 Å². The highest BCUT2D eigenvalue weighted by molar-refractivity contribution is 6.39. The zero-order valence-electron chi connectivity index (χ0n) is 14.5. The number of para-hydroxylation sites is 1. The Morgan fingerprint density at radius 1 is 1.08 bits per heavy atom. The van der Waals surface area contributed by atoms with Gasteiger partial charge in [-0.25, -0.2) is 9.69 Å². The van der Waals surface area contributed by atoms with Crippen molar-refractivity contribution >= 4 is 29.6 Å². The Balaban J connectivity index is 2.03. The predicted octanol–water partition coefficient (Wildman–Crippen LogP) is 3.06. The summed E-state index contributed by atoms with van der Waals surface area (Å²) in [4.78, 5) is 38.3. The van der Waals surface area contributed by atoms with Gasteiger partial charge in [0.2, 0.25) is 0 Å². The second-order valence-electron chi connectivity index (χ2n) is 5.77. The number of hydrogen-bond acceptors (Lipinski definition) is 4. The predicted molar refractivity (Wildman–Crippen MR) is 97.8 cm³/mol. The van der Waals surface area contributed by atoms with Gasteiger partial charge in [0.15, 0.2) is 0 Å². The van der Waals surface area contributed by atoms with Gasteiger partial charge in [0, 0.05) is 5.56 Å². The van der Waals surface area contributed by atoms with Crippen molar-refractivity contribution in [2.75, 3.05) is 11.5 Å². The number of carbonyl (C=O) groups excluding carboxylic acids is 3. The average Bonchev–Trinajstić information content (AvgIpc) is 2.60. The standard InChI is InChI=1S/C20H18N2O4/c1-3-26-17-10-5-4-8-14(17)12-16-18(23)21-20(25)22(19(16)24)15-9-6-7-13(2)11-15/h4-12H,3H2,1-2H3,(H,21,23,25)/b16-12+. The SMILES string of the molecule is CCOc1ccccc1/C=C1\C(=O)NC(=O)N(c2cccc(C)c2)C1=O. The molecule has 4 amide bonds. The number of amides is 4. The smallest absolute Gasteiger partial charge is 0.335 e. The van der Waals surface area contributed by atoms with Crippen LogP contribution >= 0.6 is 0 Å². The number of benzene rings is 2. The highest BCUT2D eigenvalue weighted by Crippen LogP contribution is 2.25. The maximum Gasteiger partial charge on any atom is 0.335 e. The third-order valence-electron chi connectivity index (χ3n) is 3.88. The summed E-state index contributed by atoms with van der Waals surface area (Å²) in [5.74, 6) is -0.840. The van der Waals surface area contributed by atoms with Crippen molar-refractivity contribution in [3.8, 4) is 5.75 Å². The van der Waals surface area contributed by atoms with Crippen LogP contribution in [0.2, 0.25) is 0 Å². The fourth-order valence-corrected chi connectivity index (χ4v) is 2.70. The lowest BCUT2D eigenvalue weighted by Crippen LogP contribution is -2.54. The van der Waals surface area contributed by atoms with Crippen molar-refractivity contribution in [1.82, 2.24) is 5.32 Å². The minimum atomic E-state index is -0.763. The summed E-state index contributed by atoms with van der Waals surface area (Å²) in [6, 6.07) is 13.3. The van der Waals surface area contributed by atoms with Gasteiger partial charge < -0.3 is 4.74 Å². The Morgan fingerprint density at radius 3 is 2.58 bits per heavy atom. The summed E-state index contributed by atoms with van der Waals surface area (Å²) >= 11 is 0. The van der Waals surface area contributed by atoms with Gasteiger partial charge in [0.25, 0.3) is 11.8 Å². The number of aryl methyl sites for hydroxylation is 1. The number of nitrogens with zero attached hydrogens (tertiary/aromatic N) is 1. The molecule has 1 fully saturated rings. The molecule has 26 heavy (non-hydrogen) atoms. The number of carbonyl (C=O) groups is 3. The van der Waals surface area contributed by atoms with E-state index in [1.165, 1.54) is 6.08 Å². The van der Waals surface area contributed by atoms with Crippen LogP contribution < -0.4 is 15.0 Å². The molecule has 0 atom stereocenters. The van der Waals surface area contributed by atoms with Crippen LogP contribution in [0, 0.1) is 6.92 Å². The molecule has 2 aromatic rings. The Morgan fingerprint density at radius 2 is 1.85 bits per heavy atom. The molecule has 0 radical (unpaired) electrons. The lowest BCUT2D eigenvalue weighted by molar-refractivity contribution is -0.122. The molecule has 0 bridgehead atoms. The number of ether oxygens (including phenoxy) is 1. The van der Waals surface area contributed by atoms with Crippen LogP contribution in [-0.4, -0.2) is 24.5 Å². The number of imide groups is 2. The third-order valence-corrected chi connectivity index (χ3v) is 3.88. The number of anilines is 1. The van der Waals surface area contributed by atoms with E-state index in [9.17, 15) is 14.4 Å². The summed E-state index contributed by atoms with van der Waals surface area (Å²) in [5, 5.41) is 2.22. The maximum atomic E-state index is 12.9. The van der Waals surface area contributed by atoms with E-state index < -0.39 is 17.8 Å². The largest absolute Gasteiger partial charge is 0.493 e. The molecule has 2 aromatic carbocycles. The quantitative estimate of drug-likeness (QED) is 0.679. The van der Waals surface area contributed by atoms with Crippen molar-refractivity contribution in [2.45, 2.75) is 13.8 Å². The Labute approximate surface area is 151 Å². The molecule has 1 aliphatic rings. The summed E-state index contributed by atoms with van der Waals surface area (Å²) in [6.45, 7) is 4.16. The molecule has 132 valence electrons. The van der Waals surface area contributed by atoms with E-state index in [-0.39, 0.29) is 5.57 Å². The minimum absolute atomic E-state index is 0.127. The van der Waals surface area contributed by atoms with Gasteiger partial charge in [-0.1, -0.05) is 30.3 Å². The highest BCUT2D eigenvalue weighted by Gasteiger charge is 2.36. The Kier molecular flexibility index (Phi) is 4.84. The number of hydrogen-bond donors (Lipinski definition) is 1. The Bertz CT molecular complexity index is 918. The van der Waals surface area contributed by atoms with Gasteiger partial charge in [0.05, 0.1) is 12.3 Å². The molecule has 3 rings (SSSR count). The van der Waals surface area contributed by atoms with E-state index in [4.69, 9.17) is 4.74 Å². The molecule has 0 saturated carbocycles. The van der Waals surface area contributed by atoms with Crippen LogP contribution in [0.5, 0.6) is 5.75 Å². The van der Waals surface area contributed by atoms with Gasteiger partial charge in [-0.15, -0.1) is 0 Å². The molecule has 0 aromatic heterocycles. The van der Waals surface area contributed by atoms with Crippen molar-refractivity contribution in [3.05, 3.63) is 65.2 Å². The lowest BCUT2D eigenvalue weighted by Gasteiger charge is -2.26. The minimum Gasteiger partial charge on any atom is -0.493 e. The summed E-state index contributed by atoms with van der Waals surface area (Å²) in [6.07, 6.45) is 1.44. The van der Waals surface area contributed by atoms with Crippen molar-refractivity contribution in [1.29, 1.82) is 0 Å². The van der Waals surface area contributed by atoms with Crippen molar-refractivity contribution in [3.63, 3.8) is 0 Å². The van der Waals surface area contributed by atoms with Crippen LogP contribution in [0.3, 0.4) is 0 Å². The van der Waals surface area contributed by atoms with Gasteiger partial charge >= 0.3 is 6.03 Å². The molecule has 0 spiro atoms. The normalized spacial score (nSPS) is 16.0. The van der Waals surface area contributed by atoms with E-state index in [2.05, 4.69) is 5.32 Å². The van der Waals surface area contributed by atoms with E-state index in [1.807, 2.05) is 19.9 Å². The molecule has 0 unspecified atom stereocenters. The first-order valence-corrected chi connectivity index (χ1v) is 8.21. The van der Waals surface area contributed by atoms with Gasteiger partial charge in [0.1, 0.15) is 11.3 Å². The number of barbiturate groups is 1. The zero-order valence-corrected chi connectivity index (χ0v) is 14.5. The molecular formula is C20H18N2O4. The first-order chi connectivity index (χ1) is 12.5. The fraction of sp³-hybridized carbons (Fsp3) is 0.150. The van der Waals surface area contributed by atoms with Crippen LogP contribution in [0.25, 0.3) is 6.08 Å². The second kappa shape index (κ2) is 7.23. The highest BCUT2D eigenvalue weighted by atomic mass is 16.5. The second-order valence-corrected chi connectivity index (χ2v) is 5.77. The zero-order chi connectivity index (χ0) is 18.7. The topological polar surface area (TPSA) is 75.7 Å². The summed E-state index contributed by atoms with van der Waals surface area (Å²) in [7, 11) is 0. The molecule has 1 aliphatic heterocycles. The number of nitrogens with one attached hydrogen (secondary N) is 1. The monoisotopic (exact) mass is 350 g/mol. The van der Waals surface area contributed by atoms with Gasteiger partial charge in [-0.05, 0) is 43.7 Å². The number of rotatable bonds is 4. The molecule has 1 N–H and O–H groups in total. The fourth-order valence-electron chi connectivity index (χ4n) is 2.70. The summed E-state index contributed by atoms with van der Waals surface area (Å²) < 4.78 is 5.53. The molecule has 6 nitrogen and oxygen atoms in total. The number of urea groups is 1. The van der Waals surface area contributed by atoms with E-state index in [0.29, 0.717) is 23.6 Å². The van der Waals surface area contributed by atoms with E-state index in [1.54, 1.807) is 42.5 Å². The summed E-state index contributed by atoms with van der Waals surface area (Å²) in [5.41, 5.74) is 1.76. The Hall–Kier alpha value is -3.41. The van der Waals surface area contributed by atoms with Crippen molar-refractivity contribution < 1.29 is 19.1 Å². The average molecular weight is 350 g/mol. The molecule has 1 heterocycles. The van der Waals surface area contributed by atoms with Crippen LogP contribution in [0.15, 0.2) is 54.1 Å². The molecule has 1 saturated heterocycles. The van der Waals surface area contributed by atoms with Crippen molar-refractivity contribution in [2.24, 2.45) is 0 Å². The van der Waals surface area contributed by atoms with E-state index in [0.717, 1.165) is 10.5 Å². The lowest BCUT2D eigenvalue weighted by atomic mass is 10.1. The first kappa shape index (κ1) is 17.4. The van der Waals surface area contributed by atoms with Crippen LogP contribution in [0.1, 0.15) is 18.1 Å². The molecule has 6 heteroatoms. The third kappa shape index (κ3) is 3.35. The van der Waals surface area contributed by atoms with E-state index >= 15 is 0 Å². The van der Waals surface area contributed by atoms with Crippen LogP contribution in [0.4, 0.5) is 10.5 Å². The molecule has 0 aliphatic carbocycles. The van der Waals surface area contributed by atoms with Crippen LogP contribution in [-0.2, 0) is 9.59 Å². The van der Waals surface area contributed by atoms with Gasteiger partial charge in [-0.2, -0.15) is 0 Å².